The average Bonchev–Trinajstić information content (AvgIpc) is 3.11. The van der Waals surface area contributed by atoms with Gasteiger partial charge in [0.1, 0.15) is 10.7 Å². The van der Waals surface area contributed by atoms with Gasteiger partial charge < -0.3 is 0 Å². The first-order chi connectivity index (χ1) is 12.8. The smallest absolute Gasteiger partial charge is 0.184 e. The zero-order valence-electron chi connectivity index (χ0n) is 13.4. The van der Waals surface area contributed by atoms with Gasteiger partial charge in [-0.2, -0.15) is 4.68 Å². The molecule has 1 aromatic carbocycles. The van der Waals surface area contributed by atoms with Crippen LogP contribution in [0.15, 0.2) is 67.0 Å². The Kier molecular flexibility index (Phi) is 3.36. The van der Waals surface area contributed by atoms with E-state index in [1.54, 1.807) is 23.1 Å². The molecule has 0 aliphatic heterocycles. The Balaban J connectivity index is 1.69. The highest BCUT2D eigenvalue weighted by atomic mass is 35.5. The van der Waals surface area contributed by atoms with Crippen LogP contribution in [-0.2, 0) is 0 Å². The quantitative estimate of drug-likeness (QED) is 0.445. The average molecular weight is 359 g/mol. The van der Waals surface area contributed by atoms with Crippen LogP contribution in [0.2, 0.25) is 5.15 Å². The van der Waals surface area contributed by atoms with Gasteiger partial charge in [0.2, 0.25) is 0 Å². The molecule has 0 aliphatic carbocycles. The van der Waals surface area contributed by atoms with E-state index in [-0.39, 0.29) is 0 Å². The Morgan fingerprint density at radius 3 is 2.69 bits per heavy atom. The van der Waals surface area contributed by atoms with E-state index in [9.17, 15) is 0 Å². The van der Waals surface area contributed by atoms with Gasteiger partial charge in [0.15, 0.2) is 5.65 Å². The van der Waals surface area contributed by atoms with Gasteiger partial charge in [0.25, 0.3) is 0 Å². The molecule has 7 heteroatoms. The molecular weight excluding hydrogens is 348 g/mol. The zero-order valence-corrected chi connectivity index (χ0v) is 14.2. The second-order valence-electron chi connectivity index (χ2n) is 5.79. The Bertz CT molecular complexity index is 1260. The van der Waals surface area contributed by atoms with Crippen molar-refractivity contribution in [3.63, 3.8) is 0 Å². The first-order valence-corrected chi connectivity index (χ1v) is 8.35. The predicted octanol–water partition coefficient (Wildman–Crippen LogP) is 4.08. The third-order valence-corrected chi connectivity index (χ3v) is 4.36. The van der Waals surface area contributed by atoms with E-state index in [0.717, 1.165) is 33.4 Å². The summed E-state index contributed by atoms with van der Waals surface area (Å²) in [5, 5.41) is 9.96. The summed E-state index contributed by atoms with van der Waals surface area (Å²) in [5.41, 5.74) is 4.89. The molecule has 0 spiro atoms. The molecule has 124 valence electrons. The molecule has 0 saturated carbocycles. The second kappa shape index (κ2) is 5.86. The maximum Gasteiger partial charge on any atom is 0.184 e. The predicted molar refractivity (Wildman–Crippen MR) is 100 cm³/mol. The van der Waals surface area contributed by atoms with E-state index >= 15 is 0 Å². The number of aromatic nitrogens is 6. The lowest BCUT2D eigenvalue weighted by Crippen LogP contribution is -1.98. The van der Waals surface area contributed by atoms with Gasteiger partial charge in [-0.25, -0.2) is 9.97 Å². The molecular formula is C19H11ClN6. The molecule has 5 rings (SSSR count). The van der Waals surface area contributed by atoms with Crippen LogP contribution in [0.3, 0.4) is 0 Å². The van der Waals surface area contributed by atoms with Gasteiger partial charge in [-0.3, -0.25) is 4.98 Å². The first kappa shape index (κ1) is 14.9. The molecule has 0 amide bonds. The van der Waals surface area contributed by atoms with Crippen molar-refractivity contribution in [2.75, 3.05) is 0 Å². The van der Waals surface area contributed by atoms with Gasteiger partial charge in [-0.05, 0) is 48.5 Å². The van der Waals surface area contributed by atoms with Gasteiger partial charge in [0, 0.05) is 23.3 Å². The lowest BCUT2D eigenvalue weighted by molar-refractivity contribution is 0.818. The number of nitrogens with zero attached hydrogens (tertiary/aromatic N) is 6. The SMILES string of the molecule is Clc1cc(-c2ccc3nnn(-c4ccc5ncccc5c4)c3n2)ccn1. The monoisotopic (exact) mass is 358 g/mol. The summed E-state index contributed by atoms with van der Waals surface area (Å²) in [6.07, 6.45) is 3.44. The highest BCUT2D eigenvalue weighted by Crippen LogP contribution is 2.24. The molecule has 0 fully saturated rings. The van der Waals surface area contributed by atoms with Crippen LogP contribution in [-0.4, -0.2) is 29.9 Å². The molecule has 0 N–H and O–H groups in total. The normalized spacial score (nSPS) is 11.3. The Morgan fingerprint density at radius 1 is 0.846 bits per heavy atom. The molecule has 26 heavy (non-hydrogen) atoms. The number of rotatable bonds is 2. The molecule has 0 bridgehead atoms. The number of hydrogen-bond acceptors (Lipinski definition) is 5. The highest BCUT2D eigenvalue weighted by molar-refractivity contribution is 6.29. The minimum Gasteiger partial charge on any atom is -0.256 e. The molecule has 0 saturated heterocycles. The number of halogens is 1. The molecule has 4 aromatic heterocycles. The standard InChI is InChI=1S/C19H11ClN6/c20-18-11-13(7-9-22-18)16-5-6-17-19(23-16)26(25-24-17)14-3-4-15-12(10-14)2-1-8-21-15/h1-11H. The van der Waals surface area contributed by atoms with Crippen molar-refractivity contribution in [1.29, 1.82) is 0 Å². The molecule has 0 aliphatic rings. The summed E-state index contributed by atoms with van der Waals surface area (Å²) in [4.78, 5) is 13.1. The van der Waals surface area contributed by atoms with Gasteiger partial charge in [0.05, 0.1) is 16.9 Å². The van der Waals surface area contributed by atoms with Crippen LogP contribution >= 0.6 is 11.6 Å². The van der Waals surface area contributed by atoms with Crippen molar-refractivity contribution in [2.24, 2.45) is 0 Å². The number of pyridine rings is 3. The van der Waals surface area contributed by atoms with Crippen LogP contribution in [0, 0.1) is 0 Å². The van der Waals surface area contributed by atoms with Crippen molar-refractivity contribution in [3.8, 4) is 16.9 Å². The topological polar surface area (TPSA) is 69.4 Å². The van der Waals surface area contributed by atoms with Crippen LogP contribution in [0.25, 0.3) is 39.0 Å². The number of fused-ring (bicyclic) bond motifs is 2. The highest BCUT2D eigenvalue weighted by Gasteiger charge is 2.11. The number of benzene rings is 1. The van der Waals surface area contributed by atoms with Crippen LogP contribution in [0.1, 0.15) is 0 Å². The van der Waals surface area contributed by atoms with Crippen LogP contribution in [0.5, 0.6) is 0 Å². The molecule has 5 aromatic rings. The Labute approximate surface area is 153 Å². The van der Waals surface area contributed by atoms with E-state index in [1.165, 1.54) is 0 Å². The molecule has 6 nitrogen and oxygen atoms in total. The van der Waals surface area contributed by atoms with Gasteiger partial charge in [-0.15, -0.1) is 5.10 Å². The fourth-order valence-electron chi connectivity index (χ4n) is 2.90. The summed E-state index contributed by atoms with van der Waals surface area (Å²) in [7, 11) is 0. The number of hydrogen-bond donors (Lipinski definition) is 0. The summed E-state index contributed by atoms with van der Waals surface area (Å²) in [5.74, 6) is 0. The largest absolute Gasteiger partial charge is 0.256 e. The zero-order chi connectivity index (χ0) is 17.5. The van der Waals surface area contributed by atoms with Crippen molar-refractivity contribution >= 4 is 33.7 Å². The van der Waals surface area contributed by atoms with Gasteiger partial charge in [-0.1, -0.05) is 22.9 Å². The summed E-state index contributed by atoms with van der Waals surface area (Å²) >= 11 is 6.00. The molecule has 0 unspecified atom stereocenters. The Morgan fingerprint density at radius 2 is 1.77 bits per heavy atom. The molecule has 0 radical (unpaired) electrons. The first-order valence-electron chi connectivity index (χ1n) is 7.97. The summed E-state index contributed by atoms with van der Waals surface area (Å²) in [6, 6.07) is 17.3. The fraction of sp³-hybridized carbons (Fsp3) is 0. The lowest BCUT2D eigenvalue weighted by atomic mass is 10.2. The van der Waals surface area contributed by atoms with E-state index < -0.39 is 0 Å². The second-order valence-corrected chi connectivity index (χ2v) is 6.18. The molecule has 0 atom stereocenters. The van der Waals surface area contributed by atoms with E-state index in [4.69, 9.17) is 16.6 Å². The van der Waals surface area contributed by atoms with Gasteiger partial charge >= 0.3 is 0 Å². The van der Waals surface area contributed by atoms with E-state index in [2.05, 4.69) is 20.3 Å². The lowest BCUT2D eigenvalue weighted by Gasteiger charge is -2.05. The minimum atomic E-state index is 0.429. The summed E-state index contributed by atoms with van der Waals surface area (Å²) < 4.78 is 1.73. The Hall–Kier alpha value is -3.38. The van der Waals surface area contributed by atoms with Crippen molar-refractivity contribution in [3.05, 3.63) is 72.1 Å². The van der Waals surface area contributed by atoms with Crippen LogP contribution < -0.4 is 0 Å². The van der Waals surface area contributed by atoms with Crippen molar-refractivity contribution in [2.45, 2.75) is 0 Å². The van der Waals surface area contributed by atoms with Crippen molar-refractivity contribution < 1.29 is 0 Å². The van der Waals surface area contributed by atoms with E-state index in [1.807, 2.05) is 48.5 Å². The molecule has 4 heterocycles. The maximum atomic E-state index is 6.00. The minimum absolute atomic E-state index is 0.429. The van der Waals surface area contributed by atoms with Crippen LogP contribution in [0.4, 0.5) is 0 Å². The van der Waals surface area contributed by atoms with E-state index in [0.29, 0.717) is 10.8 Å². The summed E-state index contributed by atoms with van der Waals surface area (Å²) in [6.45, 7) is 0. The third kappa shape index (κ3) is 2.48. The van der Waals surface area contributed by atoms with Crippen molar-refractivity contribution in [1.82, 2.24) is 29.9 Å². The third-order valence-electron chi connectivity index (χ3n) is 4.15. The maximum absolute atomic E-state index is 6.00. The fourth-order valence-corrected chi connectivity index (χ4v) is 3.08.